The zero-order valence-corrected chi connectivity index (χ0v) is 17.8. The highest BCUT2D eigenvalue weighted by atomic mass is 35.5. The Morgan fingerprint density at radius 1 is 1.10 bits per heavy atom. The predicted molar refractivity (Wildman–Crippen MR) is 116 cm³/mol. The molecule has 0 radical (unpaired) electrons. The van der Waals surface area contributed by atoms with Gasteiger partial charge in [0, 0.05) is 42.9 Å². The summed E-state index contributed by atoms with van der Waals surface area (Å²) in [4.78, 5) is 29.7. The summed E-state index contributed by atoms with van der Waals surface area (Å²) in [5.41, 5.74) is 1.35. The number of carbonyl (C=O) groups is 2. The molecule has 3 aromatic rings. The fraction of sp³-hybridized carbons (Fsp3) is 0.261. The van der Waals surface area contributed by atoms with E-state index in [1.165, 1.54) is 0 Å². The second-order valence-electron chi connectivity index (χ2n) is 7.23. The largest absolute Gasteiger partial charge is 0.486 e. The van der Waals surface area contributed by atoms with Crippen molar-refractivity contribution in [1.29, 1.82) is 0 Å². The van der Waals surface area contributed by atoms with Crippen molar-refractivity contribution >= 4 is 23.3 Å². The highest BCUT2D eigenvalue weighted by Crippen LogP contribution is 2.31. The number of nitrogens with one attached hydrogen (secondary N) is 1. The summed E-state index contributed by atoms with van der Waals surface area (Å²) < 4.78 is 12.9. The second-order valence-corrected chi connectivity index (χ2v) is 7.67. The molecule has 1 aliphatic heterocycles. The average Bonchev–Trinajstić information content (AvgIpc) is 3.21. The fourth-order valence-corrected chi connectivity index (χ4v) is 3.55. The van der Waals surface area contributed by atoms with E-state index < -0.39 is 6.04 Å². The first kappa shape index (κ1) is 20.9. The Hall–Kier alpha value is -3.32. The molecule has 1 N–H and O–H groups in total. The van der Waals surface area contributed by atoms with Crippen LogP contribution in [0.2, 0.25) is 5.02 Å². The quantitative estimate of drug-likeness (QED) is 0.567. The Balaban J connectivity index is 1.43. The molecule has 1 amide bonds. The molecular weight excluding hydrogens is 418 g/mol. The Kier molecular flexibility index (Phi) is 6.23. The van der Waals surface area contributed by atoms with Crippen LogP contribution in [0.3, 0.4) is 0 Å². The van der Waals surface area contributed by atoms with Gasteiger partial charge >= 0.3 is 0 Å². The maximum Gasteiger partial charge on any atom is 0.221 e. The Morgan fingerprint density at radius 3 is 2.55 bits per heavy atom. The highest BCUT2D eigenvalue weighted by Gasteiger charge is 2.22. The first-order valence-electron chi connectivity index (χ1n) is 9.96. The summed E-state index contributed by atoms with van der Waals surface area (Å²) in [5, 5.41) is 3.60. The lowest BCUT2D eigenvalue weighted by atomic mass is 10.0. The van der Waals surface area contributed by atoms with Gasteiger partial charge in [0.25, 0.3) is 0 Å². The van der Waals surface area contributed by atoms with E-state index >= 15 is 0 Å². The molecule has 1 aliphatic rings. The van der Waals surface area contributed by atoms with Gasteiger partial charge in [-0.25, -0.2) is 4.98 Å². The van der Waals surface area contributed by atoms with Gasteiger partial charge < -0.3 is 19.4 Å². The smallest absolute Gasteiger partial charge is 0.221 e. The molecule has 8 heteroatoms. The minimum Gasteiger partial charge on any atom is -0.486 e. The molecule has 1 unspecified atom stereocenters. The number of hydrogen-bond donors (Lipinski definition) is 1. The van der Waals surface area contributed by atoms with Crippen LogP contribution in [-0.4, -0.2) is 34.5 Å². The van der Waals surface area contributed by atoms with Crippen molar-refractivity contribution in [2.75, 3.05) is 13.2 Å². The Morgan fingerprint density at radius 2 is 1.84 bits per heavy atom. The molecule has 4 rings (SSSR count). The number of benzene rings is 2. The predicted octanol–water partition coefficient (Wildman–Crippen LogP) is 3.71. The van der Waals surface area contributed by atoms with E-state index in [2.05, 4.69) is 10.3 Å². The number of ketones is 1. The summed E-state index contributed by atoms with van der Waals surface area (Å²) >= 11 is 6.00. The van der Waals surface area contributed by atoms with E-state index in [-0.39, 0.29) is 24.5 Å². The summed E-state index contributed by atoms with van der Waals surface area (Å²) in [6.07, 6.45) is 3.63. The van der Waals surface area contributed by atoms with Crippen LogP contribution in [0.1, 0.15) is 40.6 Å². The number of aromatic nitrogens is 2. The molecule has 1 atom stereocenters. The van der Waals surface area contributed by atoms with Crippen LogP contribution >= 0.6 is 11.6 Å². The van der Waals surface area contributed by atoms with Crippen molar-refractivity contribution in [2.45, 2.75) is 18.9 Å². The normalized spacial score (nSPS) is 13.5. The number of Topliss-reactive ketones (excluding diaryl/α,β-unsaturated/α-hetero) is 1. The minimum atomic E-state index is -0.450. The van der Waals surface area contributed by atoms with Gasteiger partial charge in [-0.2, -0.15) is 0 Å². The molecule has 0 saturated heterocycles. The van der Waals surface area contributed by atoms with Gasteiger partial charge in [0.1, 0.15) is 25.1 Å². The van der Waals surface area contributed by atoms with E-state index in [1.807, 2.05) is 29.9 Å². The van der Waals surface area contributed by atoms with Gasteiger partial charge in [0.15, 0.2) is 17.3 Å². The average molecular weight is 440 g/mol. The van der Waals surface area contributed by atoms with E-state index in [0.717, 1.165) is 5.56 Å². The number of aryl methyl sites for hydroxylation is 1. The molecule has 2 aromatic carbocycles. The fourth-order valence-electron chi connectivity index (χ4n) is 3.43. The van der Waals surface area contributed by atoms with E-state index in [0.29, 0.717) is 41.1 Å². The number of amides is 1. The number of halogens is 1. The van der Waals surface area contributed by atoms with Crippen LogP contribution in [-0.2, 0) is 11.8 Å². The first-order valence-corrected chi connectivity index (χ1v) is 10.3. The number of rotatable bonds is 7. The molecule has 0 spiro atoms. The van der Waals surface area contributed by atoms with Gasteiger partial charge in [-0.05, 0) is 35.9 Å². The van der Waals surface area contributed by atoms with Crippen LogP contribution in [0.15, 0.2) is 54.9 Å². The molecule has 31 heavy (non-hydrogen) atoms. The van der Waals surface area contributed by atoms with Crippen LogP contribution < -0.4 is 14.8 Å². The Labute approximate surface area is 185 Å². The standard InChI is InChI=1S/C23H22ClN3O4/c1-27-11-10-25-23(27)22(15-2-5-17(24)6-3-15)26-21(29)9-7-18(28)16-4-8-19-20(14-16)31-13-12-30-19/h2-6,8,10-11,14,22H,7,9,12-13H2,1H3,(H,26,29). The van der Waals surface area contributed by atoms with Gasteiger partial charge in [-0.1, -0.05) is 23.7 Å². The van der Waals surface area contributed by atoms with Crippen molar-refractivity contribution in [1.82, 2.24) is 14.9 Å². The highest BCUT2D eigenvalue weighted by molar-refractivity contribution is 6.30. The molecule has 0 bridgehead atoms. The number of imidazole rings is 1. The summed E-state index contributed by atoms with van der Waals surface area (Å²) in [5.74, 6) is 1.50. The molecule has 7 nitrogen and oxygen atoms in total. The van der Waals surface area contributed by atoms with Crippen molar-refractivity contribution < 1.29 is 19.1 Å². The monoisotopic (exact) mass is 439 g/mol. The molecule has 0 fully saturated rings. The van der Waals surface area contributed by atoms with Crippen LogP contribution in [0.4, 0.5) is 0 Å². The van der Waals surface area contributed by atoms with Crippen molar-refractivity contribution in [2.24, 2.45) is 7.05 Å². The van der Waals surface area contributed by atoms with Gasteiger partial charge in [-0.3, -0.25) is 9.59 Å². The number of hydrogen-bond acceptors (Lipinski definition) is 5. The topological polar surface area (TPSA) is 82.5 Å². The maximum absolute atomic E-state index is 12.7. The van der Waals surface area contributed by atoms with Gasteiger partial charge in [-0.15, -0.1) is 0 Å². The van der Waals surface area contributed by atoms with Crippen molar-refractivity contribution in [3.63, 3.8) is 0 Å². The van der Waals surface area contributed by atoms with Crippen LogP contribution in [0, 0.1) is 0 Å². The Bertz CT molecular complexity index is 1090. The van der Waals surface area contributed by atoms with E-state index in [1.54, 1.807) is 36.5 Å². The molecule has 1 aromatic heterocycles. The molecule has 0 aliphatic carbocycles. The van der Waals surface area contributed by atoms with Crippen molar-refractivity contribution in [3.05, 3.63) is 76.8 Å². The molecule has 2 heterocycles. The third-order valence-corrected chi connectivity index (χ3v) is 5.32. The SMILES string of the molecule is Cn1ccnc1C(NC(=O)CCC(=O)c1ccc2c(c1)OCCO2)c1ccc(Cl)cc1. The summed E-state index contributed by atoms with van der Waals surface area (Å²) in [6.45, 7) is 0.942. The summed E-state index contributed by atoms with van der Waals surface area (Å²) in [6, 6.07) is 11.9. The summed E-state index contributed by atoms with van der Waals surface area (Å²) in [7, 11) is 1.86. The maximum atomic E-state index is 12.7. The lowest BCUT2D eigenvalue weighted by molar-refractivity contribution is -0.121. The molecular formula is C23H22ClN3O4. The second kappa shape index (κ2) is 9.22. The van der Waals surface area contributed by atoms with Gasteiger partial charge in [0.05, 0.1) is 0 Å². The number of nitrogens with zero attached hydrogens (tertiary/aromatic N) is 2. The molecule has 0 saturated carbocycles. The van der Waals surface area contributed by atoms with Crippen LogP contribution in [0.5, 0.6) is 11.5 Å². The number of fused-ring (bicyclic) bond motifs is 1. The third kappa shape index (κ3) is 4.88. The van der Waals surface area contributed by atoms with Gasteiger partial charge in [0.2, 0.25) is 5.91 Å². The van der Waals surface area contributed by atoms with Crippen LogP contribution in [0.25, 0.3) is 0 Å². The van der Waals surface area contributed by atoms with Crippen molar-refractivity contribution in [3.8, 4) is 11.5 Å². The zero-order chi connectivity index (χ0) is 21.8. The zero-order valence-electron chi connectivity index (χ0n) is 17.0. The first-order chi connectivity index (χ1) is 15.0. The lowest BCUT2D eigenvalue weighted by Gasteiger charge is -2.19. The number of ether oxygens (including phenoxy) is 2. The van der Waals surface area contributed by atoms with E-state index in [9.17, 15) is 9.59 Å². The van der Waals surface area contributed by atoms with E-state index in [4.69, 9.17) is 21.1 Å². The minimum absolute atomic E-state index is 0.0573. The third-order valence-electron chi connectivity index (χ3n) is 5.07. The number of carbonyl (C=O) groups excluding carboxylic acids is 2. The lowest BCUT2D eigenvalue weighted by Crippen LogP contribution is -2.31. The molecule has 160 valence electrons.